The minimum absolute atomic E-state index is 0.239. The van der Waals surface area contributed by atoms with E-state index in [9.17, 15) is 4.39 Å². The highest BCUT2D eigenvalue weighted by molar-refractivity contribution is 7.16. The van der Waals surface area contributed by atoms with Crippen molar-refractivity contribution in [1.82, 2.24) is 19.8 Å². The van der Waals surface area contributed by atoms with Crippen LogP contribution in [0, 0.1) is 23.6 Å². The van der Waals surface area contributed by atoms with Crippen molar-refractivity contribution in [1.29, 1.82) is 0 Å². The molecule has 4 saturated carbocycles. The SMILES string of the molecule is Fc1ccc(-c2nnc3sc(C45CC6CC(CC(C6)C4)C5)nn23)cc1. The third kappa shape index (κ3) is 2.06. The van der Waals surface area contributed by atoms with Crippen molar-refractivity contribution in [3.05, 3.63) is 35.1 Å². The van der Waals surface area contributed by atoms with Gasteiger partial charge in [-0.3, -0.25) is 0 Å². The molecule has 4 aliphatic carbocycles. The van der Waals surface area contributed by atoms with Gasteiger partial charge in [0.1, 0.15) is 10.8 Å². The van der Waals surface area contributed by atoms with Gasteiger partial charge in [0, 0.05) is 11.0 Å². The Hall–Kier alpha value is -1.82. The summed E-state index contributed by atoms with van der Waals surface area (Å²) in [7, 11) is 0. The maximum atomic E-state index is 13.2. The first kappa shape index (κ1) is 14.4. The van der Waals surface area contributed by atoms with Gasteiger partial charge >= 0.3 is 0 Å². The summed E-state index contributed by atoms with van der Waals surface area (Å²) in [6.45, 7) is 0. The Kier molecular flexibility index (Phi) is 2.80. The second-order valence-electron chi connectivity index (χ2n) is 8.33. The molecule has 0 radical (unpaired) electrons. The molecule has 1 aromatic carbocycles. The Morgan fingerprint density at radius 1 is 0.960 bits per heavy atom. The van der Waals surface area contributed by atoms with Gasteiger partial charge in [-0.25, -0.2) is 4.39 Å². The van der Waals surface area contributed by atoms with E-state index in [-0.39, 0.29) is 11.2 Å². The highest BCUT2D eigenvalue weighted by Gasteiger charge is 2.53. The molecule has 0 amide bonds. The molecule has 4 nitrogen and oxygen atoms in total. The van der Waals surface area contributed by atoms with Crippen molar-refractivity contribution in [3.63, 3.8) is 0 Å². The van der Waals surface area contributed by atoms with E-state index in [2.05, 4.69) is 10.2 Å². The molecule has 4 fully saturated rings. The molecule has 3 aromatic rings. The number of benzene rings is 1. The van der Waals surface area contributed by atoms with Gasteiger partial charge in [0.2, 0.25) is 4.96 Å². The summed E-state index contributed by atoms with van der Waals surface area (Å²) in [6.07, 6.45) is 8.21. The Morgan fingerprint density at radius 2 is 1.60 bits per heavy atom. The first-order valence-corrected chi connectivity index (χ1v) is 9.99. The van der Waals surface area contributed by atoms with E-state index in [4.69, 9.17) is 5.10 Å². The van der Waals surface area contributed by atoms with Gasteiger partial charge in [0.15, 0.2) is 5.82 Å². The predicted molar refractivity (Wildman–Crippen MR) is 93.9 cm³/mol. The van der Waals surface area contributed by atoms with Crippen molar-refractivity contribution < 1.29 is 4.39 Å². The van der Waals surface area contributed by atoms with E-state index >= 15 is 0 Å². The second-order valence-corrected chi connectivity index (χ2v) is 9.29. The molecule has 2 aromatic heterocycles. The van der Waals surface area contributed by atoms with Crippen LogP contribution in [0.5, 0.6) is 0 Å². The molecule has 25 heavy (non-hydrogen) atoms. The monoisotopic (exact) mass is 354 g/mol. The average molecular weight is 354 g/mol. The van der Waals surface area contributed by atoms with Crippen LogP contribution in [-0.2, 0) is 5.41 Å². The third-order valence-corrected chi connectivity index (χ3v) is 7.73. The van der Waals surface area contributed by atoms with Crippen molar-refractivity contribution in [2.75, 3.05) is 0 Å². The summed E-state index contributed by atoms with van der Waals surface area (Å²) in [5.41, 5.74) is 1.14. The lowest BCUT2D eigenvalue weighted by atomic mass is 9.50. The quantitative estimate of drug-likeness (QED) is 0.682. The van der Waals surface area contributed by atoms with E-state index in [0.29, 0.717) is 5.82 Å². The number of hydrogen-bond donors (Lipinski definition) is 0. The molecule has 4 bridgehead atoms. The first-order chi connectivity index (χ1) is 12.2. The van der Waals surface area contributed by atoms with Gasteiger partial charge in [0.25, 0.3) is 0 Å². The van der Waals surface area contributed by atoms with Gasteiger partial charge < -0.3 is 0 Å². The van der Waals surface area contributed by atoms with Crippen LogP contribution in [0.15, 0.2) is 24.3 Å². The van der Waals surface area contributed by atoms with Crippen molar-refractivity contribution in [2.24, 2.45) is 17.8 Å². The first-order valence-electron chi connectivity index (χ1n) is 9.17. The number of rotatable bonds is 2. The molecular formula is C19H19FN4S. The molecular weight excluding hydrogens is 335 g/mol. The zero-order chi connectivity index (χ0) is 16.6. The van der Waals surface area contributed by atoms with Gasteiger partial charge in [-0.05, 0) is 80.5 Å². The van der Waals surface area contributed by atoms with E-state index in [1.165, 1.54) is 55.7 Å². The van der Waals surface area contributed by atoms with Crippen molar-refractivity contribution >= 4 is 16.3 Å². The topological polar surface area (TPSA) is 43.1 Å². The average Bonchev–Trinajstić information content (AvgIpc) is 3.15. The molecule has 6 heteroatoms. The summed E-state index contributed by atoms with van der Waals surface area (Å²) in [6, 6.07) is 6.41. The molecule has 0 spiro atoms. The molecule has 0 atom stereocenters. The molecule has 0 unspecified atom stereocenters. The Labute approximate surface area is 149 Å². The van der Waals surface area contributed by atoms with E-state index in [1.54, 1.807) is 23.5 Å². The molecule has 0 N–H and O–H groups in total. The van der Waals surface area contributed by atoms with Gasteiger partial charge in [-0.1, -0.05) is 11.3 Å². The summed E-state index contributed by atoms with van der Waals surface area (Å²) in [4.78, 5) is 0.852. The van der Waals surface area contributed by atoms with E-state index in [1.807, 2.05) is 4.52 Å². The molecule has 2 heterocycles. The Balaban J connectivity index is 1.45. The fourth-order valence-corrected chi connectivity index (χ4v) is 7.04. The Morgan fingerprint density at radius 3 is 2.24 bits per heavy atom. The van der Waals surface area contributed by atoms with Crippen LogP contribution in [0.4, 0.5) is 4.39 Å². The second kappa shape index (κ2) is 4.87. The lowest BCUT2D eigenvalue weighted by molar-refractivity contribution is -0.00565. The van der Waals surface area contributed by atoms with E-state index in [0.717, 1.165) is 28.3 Å². The summed E-state index contributed by atoms with van der Waals surface area (Å²) in [5.74, 6) is 3.17. The minimum atomic E-state index is -0.239. The lowest BCUT2D eigenvalue weighted by Gasteiger charge is -2.55. The van der Waals surface area contributed by atoms with Crippen molar-refractivity contribution in [3.8, 4) is 11.4 Å². The number of nitrogens with zero attached hydrogens (tertiary/aromatic N) is 4. The maximum absolute atomic E-state index is 13.2. The van der Waals surface area contributed by atoms with Gasteiger partial charge in [0.05, 0.1) is 0 Å². The highest BCUT2D eigenvalue weighted by Crippen LogP contribution is 2.61. The summed E-state index contributed by atoms with van der Waals surface area (Å²) >= 11 is 1.71. The van der Waals surface area contributed by atoms with E-state index < -0.39 is 0 Å². The number of aromatic nitrogens is 4. The fraction of sp³-hybridized carbons (Fsp3) is 0.526. The van der Waals surface area contributed by atoms with Crippen LogP contribution in [0.25, 0.3) is 16.3 Å². The molecule has 0 saturated heterocycles. The lowest BCUT2D eigenvalue weighted by Crippen LogP contribution is -2.48. The standard InChI is InChI=1S/C19H19FN4S/c20-15-3-1-14(2-4-15)16-21-22-18-24(16)23-17(25-18)19-8-11-5-12(9-19)7-13(6-11)10-19/h1-4,11-13H,5-10H2. The van der Waals surface area contributed by atoms with Crippen LogP contribution in [0.1, 0.15) is 43.5 Å². The minimum Gasteiger partial charge on any atom is -0.207 e. The normalized spacial score (nSPS) is 33.4. The maximum Gasteiger partial charge on any atom is 0.234 e. The van der Waals surface area contributed by atoms with Crippen LogP contribution >= 0.6 is 11.3 Å². The fourth-order valence-electron chi connectivity index (χ4n) is 5.98. The number of hydrogen-bond acceptors (Lipinski definition) is 4. The van der Waals surface area contributed by atoms with Gasteiger partial charge in [-0.15, -0.1) is 10.2 Å². The molecule has 4 aliphatic rings. The summed E-state index contributed by atoms with van der Waals surface area (Å²) < 4.78 is 15.1. The highest BCUT2D eigenvalue weighted by atomic mass is 32.1. The van der Waals surface area contributed by atoms with Crippen LogP contribution < -0.4 is 0 Å². The zero-order valence-corrected chi connectivity index (χ0v) is 14.7. The largest absolute Gasteiger partial charge is 0.234 e. The van der Waals surface area contributed by atoms with Crippen molar-refractivity contribution in [2.45, 2.75) is 43.9 Å². The smallest absolute Gasteiger partial charge is 0.207 e. The van der Waals surface area contributed by atoms with Crippen LogP contribution in [0.2, 0.25) is 0 Å². The van der Waals surface area contributed by atoms with Crippen LogP contribution in [-0.4, -0.2) is 19.8 Å². The molecule has 128 valence electrons. The number of halogens is 1. The predicted octanol–water partition coefficient (Wildman–Crippen LogP) is 4.46. The summed E-state index contributed by atoms with van der Waals surface area (Å²) in [5, 5.41) is 14.8. The third-order valence-electron chi connectivity index (χ3n) is 6.59. The van der Waals surface area contributed by atoms with Gasteiger partial charge in [-0.2, -0.15) is 9.61 Å². The molecule has 0 aliphatic heterocycles. The Bertz CT molecular complexity index is 922. The zero-order valence-electron chi connectivity index (χ0n) is 13.9. The number of fused-ring (bicyclic) bond motifs is 1. The van der Waals surface area contributed by atoms with Crippen LogP contribution in [0.3, 0.4) is 0 Å². The molecule has 7 rings (SSSR count).